The van der Waals surface area contributed by atoms with Gasteiger partial charge >= 0.3 is 0 Å². The fraction of sp³-hybridized carbons (Fsp3) is 0.714. The van der Waals surface area contributed by atoms with Gasteiger partial charge in [0.25, 0.3) is 0 Å². The Hall–Kier alpha value is -0.900. The molecule has 1 aromatic heterocycles. The second kappa shape index (κ2) is 3.00. The first kappa shape index (κ1) is 1.71. The van der Waals surface area contributed by atoms with Crippen molar-refractivity contribution in [1.29, 1.82) is 0 Å². The van der Waals surface area contributed by atoms with Crippen LogP contribution in [-0.4, -0.2) is 28.0 Å². The largest absolute Gasteiger partial charge is 0.317 e. The first-order valence-corrected chi connectivity index (χ1v) is 2.82. The van der Waals surface area contributed by atoms with Crippen molar-refractivity contribution in [2.24, 2.45) is 0 Å². The molecule has 0 unspecified atom stereocenters. The van der Waals surface area contributed by atoms with Crippen LogP contribution in [0, 0.1) is 0 Å². The number of aromatic nitrogens is 3. The van der Waals surface area contributed by atoms with Gasteiger partial charge in [0.1, 0.15) is 0 Å². The summed E-state index contributed by atoms with van der Waals surface area (Å²) in [5.74, 6) is 0. The summed E-state index contributed by atoms with van der Waals surface area (Å²) in [5, 5.41) is 7.92. The maximum absolute atomic E-state index is 8.22. The van der Waals surface area contributed by atoms with Crippen molar-refractivity contribution in [1.82, 2.24) is 20.3 Å². The highest BCUT2D eigenvalue weighted by Gasteiger charge is 2.14. The smallest absolute Gasteiger partial charge is 0.0877 e. The van der Waals surface area contributed by atoms with Crippen LogP contribution in [0.1, 0.15) is 33.8 Å². The molecule has 0 spiro atoms. The molecule has 2 heterocycles. The van der Waals surface area contributed by atoms with Gasteiger partial charge < -0.3 is 5.32 Å². The third-order valence-electron chi connectivity index (χ3n) is 1.04. The summed E-state index contributed by atoms with van der Waals surface area (Å²) in [4.78, 5) is 0. The molecule has 0 aromatic carbocycles. The Labute approximate surface area is 81.1 Å². The molecule has 1 aliphatic heterocycles. The van der Waals surface area contributed by atoms with E-state index in [0.29, 0.717) is 0 Å². The highest BCUT2D eigenvalue weighted by atomic mass is 15.4. The minimum Gasteiger partial charge on any atom is -0.317 e. The molecule has 0 saturated carbocycles. The van der Waals surface area contributed by atoms with E-state index in [0.717, 1.165) is 0 Å². The zero-order chi connectivity index (χ0) is 17.4. The van der Waals surface area contributed by atoms with E-state index in [-0.39, 0.29) is 4.68 Å². The lowest BCUT2D eigenvalue weighted by molar-refractivity contribution is 0.337. The summed E-state index contributed by atoms with van der Waals surface area (Å²) in [7, 11) is 0. The second-order valence-electron chi connectivity index (χ2n) is 1.70. The van der Waals surface area contributed by atoms with Gasteiger partial charge in [-0.15, -0.1) is 5.10 Å². The van der Waals surface area contributed by atoms with Crippen LogP contribution in [0.5, 0.6) is 0 Å². The van der Waals surface area contributed by atoms with Crippen molar-refractivity contribution in [2.75, 3.05) is 13.0 Å². The third-order valence-corrected chi connectivity index (χ3v) is 1.04. The van der Waals surface area contributed by atoms with Gasteiger partial charge in [-0.05, 0) is 25.7 Å². The topological polar surface area (TPSA) is 42.7 Å². The molecule has 11 heavy (non-hydrogen) atoms. The molecule has 0 bridgehead atoms. The summed E-state index contributed by atoms with van der Waals surface area (Å²) in [6, 6.07) is -3.32. The monoisotopic (exact) mass is 163 g/mol. The summed E-state index contributed by atoms with van der Waals surface area (Å²) < 4.78 is 85.1. The molecule has 2 rings (SSSR count). The molecule has 0 atom stereocenters. The number of nitrogens with zero attached hydrogens (tertiary/aromatic N) is 3. The van der Waals surface area contributed by atoms with Crippen molar-refractivity contribution >= 4 is 0 Å². The van der Waals surface area contributed by atoms with Gasteiger partial charge in [-0.2, -0.15) is 0 Å². The molecule has 1 aromatic rings. The molecule has 1 saturated heterocycles. The molecule has 1 fully saturated rings. The Morgan fingerprint density at radius 3 is 3.18 bits per heavy atom. The SMILES string of the molecule is [2H]c1nnn(C2([2H])C([2H])([2H])C([2H])([2H])NC([2H])([2H])C2([2H])[2H])c1[2H]. The van der Waals surface area contributed by atoms with Gasteiger partial charge in [-0.1, -0.05) is 5.21 Å². The average molecular weight is 163 g/mol. The Kier molecular flexibility index (Phi) is 0.468. The molecule has 4 heteroatoms. The van der Waals surface area contributed by atoms with E-state index < -0.39 is 44.1 Å². The van der Waals surface area contributed by atoms with Crippen LogP contribution in [0.25, 0.3) is 0 Å². The first-order chi connectivity index (χ1) is 9.63. The van der Waals surface area contributed by atoms with Gasteiger partial charge in [0.15, 0.2) is 0 Å². The van der Waals surface area contributed by atoms with E-state index in [1.165, 1.54) is 0 Å². The minimum atomic E-state index is -3.34. The molecule has 0 aliphatic carbocycles. The Morgan fingerprint density at radius 2 is 2.55 bits per heavy atom. The number of rotatable bonds is 1. The highest BCUT2D eigenvalue weighted by molar-refractivity contribution is 4.76. The Balaban J connectivity index is 2.85. The van der Waals surface area contributed by atoms with E-state index in [9.17, 15) is 0 Å². The highest BCUT2D eigenvalue weighted by Crippen LogP contribution is 2.15. The third kappa shape index (κ3) is 1.40. The van der Waals surface area contributed by atoms with Crippen molar-refractivity contribution in [3.8, 4) is 0 Å². The molecule has 4 nitrogen and oxygen atoms in total. The molecule has 1 N–H and O–H groups in total. The Bertz CT molecular complexity index is 582. The second-order valence-corrected chi connectivity index (χ2v) is 1.70. The van der Waals surface area contributed by atoms with E-state index in [1.807, 2.05) is 0 Å². The minimum absolute atomic E-state index is 0.103. The molecular formula is C7H12N4. The predicted octanol–water partition coefficient (Wildman–Crippen LogP) is 0.203. The lowest BCUT2D eigenvalue weighted by Gasteiger charge is -2.21. The first-order valence-electron chi connectivity index (χ1n) is 8.32. The summed E-state index contributed by atoms with van der Waals surface area (Å²) in [5.41, 5.74) is 0. The molecule has 1 aliphatic rings. The summed E-state index contributed by atoms with van der Waals surface area (Å²) in [6.07, 6.45) is -8.37. The van der Waals surface area contributed by atoms with Crippen molar-refractivity contribution in [3.05, 3.63) is 12.3 Å². The van der Waals surface area contributed by atoms with Crippen LogP contribution in [0.4, 0.5) is 0 Å². The van der Waals surface area contributed by atoms with Gasteiger partial charge in [0, 0.05) is 17.1 Å². The van der Waals surface area contributed by atoms with E-state index in [1.54, 1.807) is 5.32 Å². The van der Waals surface area contributed by atoms with E-state index in [4.69, 9.17) is 15.1 Å². The van der Waals surface area contributed by atoms with E-state index >= 15 is 0 Å². The normalized spacial score (nSPS) is 56.2. The zero-order valence-electron chi connectivity index (χ0n) is 16.3. The van der Waals surface area contributed by atoms with Crippen LogP contribution in [0.3, 0.4) is 0 Å². The number of hydrogen-bond donors (Lipinski definition) is 1. The van der Waals surface area contributed by atoms with Crippen molar-refractivity contribution in [3.63, 3.8) is 0 Å². The number of hydrogen-bond acceptors (Lipinski definition) is 3. The fourth-order valence-electron chi connectivity index (χ4n) is 0.609. The molecule has 0 amide bonds. The quantitative estimate of drug-likeness (QED) is 0.643. The maximum Gasteiger partial charge on any atom is 0.0877 e. The molecule has 0 radical (unpaired) electrons. The van der Waals surface area contributed by atoms with Crippen molar-refractivity contribution < 1.29 is 15.1 Å². The van der Waals surface area contributed by atoms with Crippen LogP contribution in [-0.2, 0) is 0 Å². The zero-order valence-corrected chi connectivity index (χ0v) is 5.34. The van der Waals surface area contributed by atoms with Gasteiger partial charge in [0.2, 0.25) is 0 Å². The lowest BCUT2D eigenvalue weighted by Crippen LogP contribution is -2.29. The standard InChI is InChI=1S/C7H12N4/c1-3-8-4-2-7(1)11-6-5-9-10-11/h5-8H,1-4H2/i1D2,2D2,3D2,4D2,5D,6D,7D. The number of nitrogens with one attached hydrogen (secondary N) is 1. The fourth-order valence-corrected chi connectivity index (χ4v) is 0.609. The van der Waals surface area contributed by atoms with Gasteiger partial charge in [-0.3, -0.25) is 0 Å². The summed E-state index contributed by atoms with van der Waals surface area (Å²) >= 11 is 0. The van der Waals surface area contributed by atoms with Gasteiger partial charge in [-0.25, -0.2) is 4.68 Å². The van der Waals surface area contributed by atoms with Crippen LogP contribution in [0.15, 0.2) is 12.3 Å². The van der Waals surface area contributed by atoms with Crippen LogP contribution in [0.2, 0.25) is 0 Å². The van der Waals surface area contributed by atoms with Crippen molar-refractivity contribution in [2.45, 2.75) is 18.8 Å². The van der Waals surface area contributed by atoms with Crippen LogP contribution >= 0.6 is 0 Å². The molecular weight excluding hydrogens is 140 g/mol. The summed E-state index contributed by atoms with van der Waals surface area (Å²) in [6.45, 7) is -6.30. The van der Waals surface area contributed by atoms with E-state index in [2.05, 4.69) is 10.3 Å². The lowest BCUT2D eigenvalue weighted by atomic mass is 10.1. The van der Waals surface area contributed by atoms with Crippen LogP contribution < -0.4 is 5.32 Å². The maximum atomic E-state index is 8.22. The van der Waals surface area contributed by atoms with Gasteiger partial charge in [0.05, 0.1) is 16.3 Å². The molecule has 60 valence electrons. The average Bonchev–Trinajstić information content (AvgIpc) is 2.66. The number of piperidine rings is 1. The Morgan fingerprint density at radius 1 is 1.73 bits per heavy atom. The predicted molar refractivity (Wildman–Crippen MR) is 41.2 cm³/mol.